The van der Waals surface area contributed by atoms with Crippen molar-refractivity contribution < 1.29 is 14.7 Å². The molecule has 8 heteroatoms. The van der Waals surface area contributed by atoms with E-state index in [-0.39, 0.29) is 6.54 Å². The van der Waals surface area contributed by atoms with Crippen molar-refractivity contribution in [3.8, 4) is 11.1 Å². The number of carboxylic acids is 1. The maximum atomic E-state index is 11.8. The van der Waals surface area contributed by atoms with E-state index in [9.17, 15) is 9.59 Å². The molecule has 3 aromatic rings. The second-order valence-corrected chi connectivity index (χ2v) is 6.75. The Bertz CT molecular complexity index is 984. The summed E-state index contributed by atoms with van der Waals surface area (Å²) in [4.78, 5) is 31.7. The number of aryl methyl sites for hydroxylation is 2. The van der Waals surface area contributed by atoms with Gasteiger partial charge >= 0.3 is 5.97 Å². The third kappa shape index (κ3) is 3.80. The second kappa shape index (κ2) is 7.49. The van der Waals surface area contributed by atoms with Crippen molar-refractivity contribution in [3.63, 3.8) is 0 Å². The molecule has 1 amide bonds. The van der Waals surface area contributed by atoms with Crippen LogP contribution in [0.4, 0.5) is 5.82 Å². The molecular weight excluding hydrogens is 352 g/mol. The van der Waals surface area contributed by atoms with E-state index in [1.165, 1.54) is 23.2 Å². The maximum absolute atomic E-state index is 11.8. The van der Waals surface area contributed by atoms with Crippen LogP contribution in [0.2, 0.25) is 0 Å². The number of thiophene rings is 1. The summed E-state index contributed by atoms with van der Waals surface area (Å²) in [5, 5.41) is 16.8. The molecule has 0 bridgehead atoms. The topological polar surface area (TPSA) is 104 Å². The quantitative estimate of drug-likeness (QED) is 0.616. The average molecular weight is 370 g/mol. The number of nitrogens with zero attached hydrogens (tertiary/aromatic N) is 2. The number of benzene rings is 1. The van der Waals surface area contributed by atoms with Crippen LogP contribution in [0.25, 0.3) is 21.3 Å². The number of fused-ring (bicyclic) bond motifs is 1. The molecule has 0 aliphatic carbocycles. The molecule has 134 valence electrons. The van der Waals surface area contributed by atoms with Crippen molar-refractivity contribution in [1.29, 1.82) is 0 Å². The maximum Gasteiger partial charge on any atom is 0.322 e. The van der Waals surface area contributed by atoms with Crippen molar-refractivity contribution in [3.05, 3.63) is 41.0 Å². The van der Waals surface area contributed by atoms with Crippen LogP contribution >= 0.6 is 11.3 Å². The fourth-order valence-electron chi connectivity index (χ4n) is 2.72. The third-order valence-electron chi connectivity index (χ3n) is 3.90. The van der Waals surface area contributed by atoms with Crippen molar-refractivity contribution in [2.75, 3.05) is 18.4 Å². The highest BCUT2D eigenvalue weighted by Crippen LogP contribution is 2.37. The first kappa shape index (κ1) is 17.8. The van der Waals surface area contributed by atoms with Crippen LogP contribution in [0.15, 0.2) is 29.9 Å². The van der Waals surface area contributed by atoms with Crippen molar-refractivity contribution in [2.24, 2.45) is 0 Å². The van der Waals surface area contributed by atoms with Gasteiger partial charge in [0, 0.05) is 10.9 Å². The molecular formula is C18H18N4O3S. The predicted octanol–water partition coefficient (Wildman–Crippen LogP) is 2.59. The van der Waals surface area contributed by atoms with E-state index in [0.717, 1.165) is 26.9 Å². The summed E-state index contributed by atoms with van der Waals surface area (Å²) in [7, 11) is 0. The van der Waals surface area contributed by atoms with Crippen molar-refractivity contribution in [1.82, 2.24) is 15.3 Å². The Kier molecular flexibility index (Phi) is 5.13. The molecule has 0 spiro atoms. The highest BCUT2D eigenvalue weighted by molar-refractivity contribution is 7.17. The van der Waals surface area contributed by atoms with Gasteiger partial charge in [0.2, 0.25) is 5.91 Å². The standard InChI is InChI=1S/C18H18N4O3S/c1-10-3-4-12(11(2)5-10)13-8-26-18-16(13)17(21-9-22-18)20-6-14(23)19-7-15(24)25/h3-5,8-9H,6-7H2,1-2H3,(H,19,23)(H,24,25)(H,20,21,22). The number of carbonyl (C=O) groups excluding carboxylic acids is 1. The number of hydrogen-bond acceptors (Lipinski definition) is 6. The predicted molar refractivity (Wildman–Crippen MR) is 101 cm³/mol. The highest BCUT2D eigenvalue weighted by atomic mass is 32.1. The number of carbonyl (C=O) groups is 2. The van der Waals surface area contributed by atoms with Gasteiger partial charge in [-0.3, -0.25) is 9.59 Å². The largest absolute Gasteiger partial charge is 0.480 e. The van der Waals surface area contributed by atoms with Crippen LogP contribution in [0.5, 0.6) is 0 Å². The lowest BCUT2D eigenvalue weighted by Crippen LogP contribution is -2.34. The number of rotatable bonds is 6. The number of aromatic nitrogens is 2. The smallest absolute Gasteiger partial charge is 0.322 e. The zero-order valence-corrected chi connectivity index (χ0v) is 15.2. The number of nitrogens with one attached hydrogen (secondary N) is 2. The van der Waals surface area contributed by atoms with E-state index in [4.69, 9.17) is 5.11 Å². The van der Waals surface area contributed by atoms with E-state index in [1.807, 2.05) is 12.3 Å². The first-order chi connectivity index (χ1) is 12.5. The molecule has 0 saturated carbocycles. The molecule has 2 heterocycles. The first-order valence-corrected chi connectivity index (χ1v) is 8.86. The van der Waals surface area contributed by atoms with Crippen LogP contribution < -0.4 is 10.6 Å². The van der Waals surface area contributed by atoms with Gasteiger partial charge in [0.1, 0.15) is 23.5 Å². The lowest BCUT2D eigenvalue weighted by atomic mass is 9.99. The van der Waals surface area contributed by atoms with Gasteiger partial charge in [-0.2, -0.15) is 0 Å². The van der Waals surface area contributed by atoms with E-state index in [1.54, 1.807) is 0 Å². The van der Waals surface area contributed by atoms with E-state index in [2.05, 4.69) is 45.7 Å². The summed E-state index contributed by atoms with van der Waals surface area (Å²) < 4.78 is 0. The Morgan fingerprint density at radius 1 is 1.15 bits per heavy atom. The number of carboxylic acid groups (broad SMARTS) is 1. The Hall–Kier alpha value is -3.00. The molecule has 0 fully saturated rings. The van der Waals surface area contributed by atoms with E-state index < -0.39 is 18.4 Å². The lowest BCUT2D eigenvalue weighted by Gasteiger charge is -2.10. The molecule has 2 aromatic heterocycles. The van der Waals surface area contributed by atoms with Gasteiger partial charge < -0.3 is 15.7 Å². The molecule has 0 aliphatic rings. The van der Waals surface area contributed by atoms with Crippen molar-refractivity contribution >= 4 is 39.2 Å². The zero-order valence-electron chi connectivity index (χ0n) is 14.4. The fraction of sp³-hybridized carbons (Fsp3) is 0.222. The monoisotopic (exact) mass is 370 g/mol. The molecule has 3 N–H and O–H groups in total. The number of anilines is 1. The molecule has 7 nitrogen and oxygen atoms in total. The second-order valence-electron chi connectivity index (χ2n) is 5.89. The molecule has 3 rings (SSSR count). The normalized spacial score (nSPS) is 10.7. The van der Waals surface area contributed by atoms with E-state index >= 15 is 0 Å². The molecule has 26 heavy (non-hydrogen) atoms. The van der Waals surface area contributed by atoms with Gasteiger partial charge in [-0.1, -0.05) is 23.8 Å². The van der Waals surface area contributed by atoms with Crippen LogP contribution in [-0.4, -0.2) is 40.0 Å². The molecule has 0 saturated heterocycles. The summed E-state index contributed by atoms with van der Waals surface area (Å²) in [6.45, 7) is 3.63. The minimum Gasteiger partial charge on any atom is -0.480 e. The number of hydrogen-bond donors (Lipinski definition) is 3. The van der Waals surface area contributed by atoms with Gasteiger partial charge in [-0.05, 0) is 25.0 Å². The SMILES string of the molecule is Cc1ccc(-c2csc3ncnc(NCC(=O)NCC(=O)O)c23)c(C)c1. The van der Waals surface area contributed by atoms with Gasteiger partial charge in [-0.25, -0.2) is 9.97 Å². The molecule has 0 unspecified atom stereocenters. The summed E-state index contributed by atoms with van der Waals surface area (Å²) in [6.07, 6.45) is 1.45. The highest BCUT2D eigenvalue weighted by Gasteiger charge is 2.15. The van der Waals surface area contributed by atoms with Gasteiger partial charge in [0.25, 0.3) is 0 Å². The average Bonchev–Trinajstić information content (AvgIpc) is 3.02. The Balaban J connectivity index is 1.91. The summed E-state index contributed by atoms with van der Waals surface area (Å²) in [5.74, 6) is -0.947. The number of aliphatic carboxylic acids is 1. The van der Waals surface area contributed by atoms with Gasteiger partial charge in [0.05, 0.1) is 11.9 Å². The molecule has 1 aromatic carbocycles. The third-order valence-corrected chi connectivity index (χ3v) is 4.78. The zero-order chi connectivity index (χ0) is 18.7. The summed E-state index contributed by atoms with van der Waals surface area (Å²) in [6, 6.07) is 6.25. The molecule has 0 radical (unpaired) electrons. The van der Waals surface area contributed by atoms with Crippen molar-refractivity contribution in [2.45, 2.75) is 13.8 Å². The van der Waals surface area contributed by atoms with E-state index in [0.29, 0.717) is 5.82 Å². The van der Waals surface area contributed by atoms with Crippen LogP contribution in [0.3, 0.4) is 0 Å². The minimum absolute atomic E-state index is 0.0679. The van der Waals surface area contributed by atoms with Crippen LogP contribution in [0.1, 0.15) is 11.1 Å². The van der Waals surface area contributed by atoms with Gasteiger partial charge in [-0.15, -0.1) is 11.3 Å². The van der Waals surface area contributed by atoms with Crippen LogP contribution in [0, 0.1) is 13.8 Å². The Morgan fingerprint density at radius 3 is 2.69 bits per heavy atom. The summed E-state index contributed by atoms with van der Waals surface area (Å²) in [5.41, 5.74) is 4.45. The molecule has 0 atom stereocenters. The van der Waals surface area contributed by atoms with Crippen LogP contribution in [-0.2, 0) is 9.59 Å². The first-order valence-electron chi connectivity index (χ1n) is 7.98. The summed E-state index contributed by atoms with van der Waals surface area (Å²) >= 11 is 1.51. The van der Waals surface area contributed by atoms with Gasteiger partial charge in [0.15, 0.2) is 0 Å². The fourth-order valence-corrected chi connectivity index (χ4v) is 3.63. The Labute approximate surface area is 154 Å². The lowest BCUT2D eigenvalue weighted by molar-refractivity contribution is -0.137. The Morgan fingerprint density at radius 2 is 1.96 bits per heavy atom. The number of amides is 1. The molecule has 0 aliphatic heterocycles. The minimum atomic E-state index is -1.09.